The van der Waals surface area contributed by atoms with Crippen molar-refractivity contribution in [1.82, 2.24) is 14.5 Å². The molecule has 0 unspecified atom stereocenters. The number of nitrogens with zero attached hydrogens (tertiary/aromatic N) is 4. The van der Waals surface area contributed by atoms with Gasteiger partial charge in [-0.2, -0.15) is 0 Å². The lowest BCUT2D eigenvalue weighted by molar-refractivity contribution is 0.131. The summed E-state index contributed by atoms with van der Waals surface area (Å²) in [5.74, 6) is 0.672. The Balaban J connectivity index is 1.58. The Bertz CT molecular complexity index is 1060. The van der Waals surface area contributed by atoms with E-state index in [0.29, 0.717) is 24.7 Å². The number of hydrogen-bond donors (Lipinski definition) is 1. The number of pyridine rings is 1. The molecule has 2 aromatic heterocycles. The molecule has 1 saturated carbocycles. The number of aromatic nitrogens is 3. The third-order valence-corrected chi connectivity index (χ3v) is 6.40. The zero-order chi connectivity index (χ0) is 19.8. The lowest BCUT2D eigenvalue weighted by Crippen LogP contribution is -2.60. The molecule has 6 nitrogen and oxygen atoms in total. The van der Waals surface area contributed by atoms with Crippen LogP contribution in [0.5, 0.6) is 0 Å². The van der Waals surface area contributed by atoms with Crippen molar-refractivity contribution in [2.45, 2.75) is 43.9 Å². The number of fused-ring (bicyclic) bond motifs is 1. The van der Waals surface area contributed by atoms with Crippen molar-refractivity contribution in [3.63, 3.8) is 0 Å². The Morgan fingerprint density at radius 3 is 2.52 bits per heavy atom. The van der Waals surface area contributed by atoms with Gasteiger partial charge in [0.2, 0.25) is 5.95 Å². The molecular weight excluding hydrogens is 364 g/mol. The smallest absolute Gasteiger partial charge is 0.255 e. The van der Waals surface area contributed by atoms with Crippen LogP contribution in [0.15, 0.2) is 65.7 Å². The van der Waals surface area contributed by atoms with Gasteiger partial charge in [0.1, 0.15) is 0 Å². The van der Waals surface area contributed by atoms with E-state index >= 15 is 0 Å². The van der Waals surface area contributed by atoms with E-state index in [1.807, 2.05) is 42.5 Å². The Morgan fingerprint density at radius 2 is 1.83 bits per heavy atom. The zero-order valence-corrected chi connectivity index (χ0v) is 16.2. The van der Waals surface area contributed by atoms with Gasteiger partial charge in [-0.15, -0.1) is 0 Å². The van der Waals surface area contributed by atoms with Gasteiger partial charge in [0.25, 0.3) is 5.56 Å². The van der Waals surface area contributed by atoms with E-state index in [-0.39, 0.29) is 11.1 Å². The summed E-state index contributed by atoms with van der Waals surface area (Å²) in [5.41, 5.74) is 2.35. The first-order valence-corrected chi connectivity index (χ1v) is 10.2. The molecule has 1 atom stereocenters. The van der Waals surface area contributed by atoms with Gasteiger partial charge >= 0.3 is 0 Å². The quantitative estimate of drug-likeness (QED) is 0.743. The third-order valence-electron chi connectivity index (χ3n) is 6.40. The molecule has 2 aliphatic rings. The SMILES string of the molecule is O=c1cc(-c2ccncc2)nc2n1CCC1(CCC1)N2C[C@H](O)c1ccccc1. The van der Waals surface area contributed by atoms with Crippen LogP contribution in [-0.4, -0.2) is 31.7 Å². The molecule has 1 fully saturated rings. The molecule has 3 aromatic rings. The number of benzene rings is 1. The summed E-state index contributed by atoms with van der Waals surface area (Å²) in [5, 5.41) is 10.9. The number of anilines is 1. The van der Waals surface area contributed by atoms with Crippen molar-refractivity contribution in [2.75, 3.05) is 11.4 Å². The minimum absolute atomic E-state index is 0.00787. The fourth-order valence-electron chi connectivity index (χ4n) is 4.58. The summed E-state index contributed by atoms with van der Waals surface area (Å²) in [4.78, 5) is 24.1. The molecular formula is C23H24N4O2. The van der Waals surface area contributed by atoms with Crippen LogP contribution >= 0.6 is 0 Å². The van der Waals surface area contributed by atoms with Crippen molar-refractivity contribution >= 4 is 5.95 Å². The summed E-state index contributed by atoms with van der Waals surface area (Å²) < 4.78 is 1.76. The highest BCUT2D eigenvalue weighted by Crippen LogP contribution is 2.46. The van der Waals surface area contributed by atoms with Crippen LogP contribution in [0.2, 0.25) is 0 Å². The molecule has 6 heteroatoms. The summed E-state index contributed by atoms with van der Waals surface area (Å²) in [6.45, 7) is 1.10. The second-order valence-corrected chi connectivity index (χ2v) is 8.03. The molecule has 3 heterocycles. The average molecular weight is 388 g/mol. The molecule has 1 aliphatic heterocycles. The van der Waals surface area contributed by atoms with Crippen LogP contribution in [0.25, 0.3) is 11.3 Å². The Labute approximate surface area is 169 Å². The van der Waals surface area contributed by atoms with Crippen molar-refractivity contribution in [3.05, 3.63) is 76.8 Å². The minimum atomic E-state index is -0.637. The Morgan fingerprint density at radius 1 is 1.07 bits per heavy atom. The Hall–Kier alpha value is -2.99. The summed E-state index contributed by atoms with van der Waals surface area (Å²) >= 11 is 0. The monoisotopic (exact) mass is 388 g/mol. The van der Waals surface area contributed by atoms with E-state index in [1.54, 1.807) is 23.0 Å². The van der Waals surface area contributed by atoms with E-state index < -0.39 is 6.10 Å². The van der Waals surface area contributed by atoms with Gasteiger partial charge in [0, 0.05) is 36.1 Å². The van der Waals surface area contributed by atoms with E-state index in [4.69, 9.17) is 4.98 Å². The van der Waals surface area contributed by atoms with Crippen LogP contribution in [0, 0.1) is 0 Å². The van der Waals surface area contributed by atoms with Crippen LogP contribution in [0.4, 0.5) is 5.95 Å². The van der Waals surface area contributed by atoms with E-state index in [9.17, 15) is 9.90 Å². The lowest BCUT2D eigenvalue weighted by Gasteiger charge is -2.54. The van der Waals surface area contributed by atoms with Crippen molar-refractivity contribution < 1.29 is 5.11 Å². The molecule has 0 amide bonds. The van der Waals surface area contributed by atoms with Crippen LogP contribution in [0.1, 0.15) is 37.4 Å². The van der Waals surface area contributed by atoms with Gasteiger partial charge in [-0.3, -0.25) is 14.3 Å². The number of rotatable bonds is 4. The number of aliphatic hydroxyl groups excluding tert-OH is 1. The maximum Gasteiger partial charge on any atom is 0.255 e. The molecule has 29 heavy (non-hydrogen) atoms. The summed E-state index contributed by atoms with van der Waals surface area (Å²) in [6, 6.07) is 15.0. The highest BCUT2D eigenvalue weighted by Gasteiger charge is 2.47. The highest BCUT2D eigenvalue weighted by atomic mass is 16.3. The summed E-state index contributed by atoms with van der Waals surface area (Å²) in [6.07, 6.45) is 7.01. The van der Waals surface area contributed by atoms with Crippen molar-refractivity contribution in [3.8, 4) is 11.3 Å². The molecule has 0 radical (unpaired) electrons. The normalized spacial score (nSPS) is 18.2. The molecule has 5 rings (SSSR count). The highest BCUT2D eigenvalue weighted by molar-refractivity contribution is 5.60. The fraction of sp³-hybridized carbons (Fsp3) is 0.348. The first kappa shape index (κ1) is 18.1. The van der Waals surface area contributed by atoms with Gasteiger partial charge in [-0.05, 0) is 43.4 Å². The lowest BCUT2D eigenvalue weighted by atomic mass is 9.72. The predicted molar refractivity (Wildman–Crippen MR) is 112 cm³/mol. The Kier molecular flexibility index (Phi) is 4.43. The summed E-state index contributed by atoms with van der Waals surface area (Å²) in [7, 11) is 0. The molecule has 1 aliphatic carbocycles. The topological polar surface area (TPSA) is 71.2 Å². The van der Waals surface area contributed by atoms with Gasteiger partial charge in [-0.1, -0.05) is 30.3 Å². The van der Waals surface area contributed by atoms with Crippen LogP contribution < -0.4 is 10.5 Å². The molecule has 1 N–H and O–H groups in total. The predicted octanol–water partition coefficient (Wildman–Crippen LogP) is 3.17. The van der Waals surface area contributed by atoms with Gasteiger partial charge in [-0.25, -0.2) is 4.98 Å². The van der Waals surface area contributed by atoms with Crippen molar-refractivity contribution in [2.24, 2.45) is 0 Å². The zero-order valence-electron chi connectivity index (χ0n) is 16.2. The number of aliphatic hydroxyl groups is 1. The molecule has 1 aromatic carbocycles. The third kappa shape index (κ3) is 3.13. The second-order valence-electron chi connectivity index (χ2n) is 8.03. The van der Waals surface area contributed by atoms with Crippen LogP contribution in [-0.2, 0) is 6.54 Å². The second kappa shape index (κ2) is 7.12. The van der Waals surface area contributed by atoms with Gasteiger partial charge in [0.05, 0.1) is 18.3 Å². The fourth-order valence-corrected chi connectivity index (χ4v) is 4.58. The number of hydrogen-bond acceptors (Lipinski definition) is 5. The maximum absolute atomic E-state index is 12.9. The van der Waals surface area contributed by atoms with Gasteiger partial charge < -0.3 is 10.0 Å². The first-order valence-electron chi connectivity index (χ1n) is 10.2. The average Bonchev–Trinajstić information content (AvgIpc) is 2.74. The standard InChI is InChI=1S/C23H24N4O2/c28-20(18-5-2-1-3-6-18)16-27-22-25-19(17-7-12-24-13-8-17)15-21(29)26(22)14-11-23(27)9-4-10-23/h1-3,5-8,12-13,15,20,28H,4,9-11,14,16H2/t20-/m0/s1. The van der Waals surface area contributed by atoms with Crippen LogP contribution in [0.3, 0.4) is 0 Å². The van der Waals surface area contributed by atoms with Crippen molar-refractivity contribution in [1.29, 1.82) is 0 Å². The van der Waals surface area contributed by atoms with E-state index in [0.717, 1.165) is 30.4 Å². The first-order chi connectivity index (χ1) is 14.2. The largest absolute Gasteiger partial charge is 0.387 e. The van der Waals surface area contributed by atoms with E-state index in [2.05, 4.69) is 9.88 Å². The van der Waals surface area contributed by atoms with E-state index in [1.165, 1.54) is 6.42 Å². The number of β-amino-alcohol motifs (C(OH)–C–C–N with tert-alkyl or cyclic N) is 1. The van der Waals surface area contributed by atoms with Gasteiger partial charge in [0.15, 0.2) is 0 Å². The maximum atomic E-state index is 12.9. The molecule has 0 saturated heterocycles. The molecule has 1 spiro atoms. The minimum Gasteiger partial charge on any atom is -0.387 e. The molecule has 148 valence electrons. The molecule has 0 bridgehead atoms.